The van der Waals surface area contributed by atoms with Gasteiger partial charge in [-0.25, -0.2) is 0 Å². The van der Waals surface area contributed by atoms with Crippen molar-refractivity contribution in [2.24, 2.45) is 0 Å². The first kappa shape index (κ1) is 13.7. The number of hydrogen-bond donors (Lipinski definition) is 0. The van der Waals surface area contributed by atoms with Crippen molar-refractivity contribution in [1.29, 1.82) is 0 Å². The van der Waals surface area contributed by atoms with Crippen LogP contribution in [0.15, 0.2) is 18.2 Å². The minimum atomic E-state index is -4.19. The Bertz CT molecular complexity index is 377. The zero-order chi connectivity index (χ0) is 13.1. The summed E-state index contributed by atoms with van der Waals surface area (Å²) in [5.74, 6) is 0.705. The zero-order valence-corrected chi connectivity index (χ0v) is 10.1. The molecule has 0 saturated heterocycles. The summed E-state index contributed by atoms with van der Waals surface area (Å²) >= 11 is 0. The van der Waals surface area contributed by atoms with Crippen LogP contribution >= 0.6 is 0 Å². The highest BCUT2D eigenvalue weighted by Gasteiger charge is 2.29. The van der Waals surface area contributed by atoms with Crippen molar-refractivity contribution in [2.45, 2.75) is 20.0 Å². The number of rotatable bonds is 4. The van der Waals surface area contributed by atoms with Crippen LogP contribution in [-0.4, -0.2) is 26.4 Å². The monoisotopic (exact) mass is 247 g/mol. The van der Waals surface area contributed by atoms with Crippen molar-refractivity contribution in [3.05, 3.63) is 23.8 Å². The fraction of sp³-hybridized carbons (Fsp3) is 0.500. The van der Waals surface area contributed by atoms with E-state index in [-0.39, 0.29) is 0 Å². The maximum atomic E-state index is 12.2. The fourth-order valence-corrected chi connectivity index (χ4v) is 1.55. The Morgan fingerprint density at radius 2 is 1.94 bits per heavy atom. The smallest absolute Gasteiger partial charge is 0.405 e. The molecule has 1 aromatic carbocycles. The largest absolute Gasteiger partial charge is 0.494 e. The van der Waals surface area contributed by atoms with Crippen LogP contribution in [0.3, 0.4) is 0 Å². The first-order chi connectivity index (χ1) is 7.83. The number of ether oxygens (including phenoxy) is 1. The van der Waals surface area contributed by atoms with Crippen LogP contribution in [-0.2, 0) is 0 Å². The molecular weight excluding hydrogens is 231 g/mol. The molecule has 1 rings (SSSR count). The predicted molar refractivity (Wildman–Crippen MR) is 61.7 cm³/mol. The topological polar surface area (TPSA) is 12.5 Å². The Labute approximate surface area is 99.0 Å². The Morgan fingerprint density at radius 1 is 1.29 bits per heavy atom. The van der Waals surface area contributed by atoms with E-state index in [4.69, 9.17) is 4.74 Å². The number of anilines is 1. The average molecular weight is 247 g/mol. The van der Waals surface area contributed by atoms with Gasteiger partial charge in [-0.05, 0) is 37.6 Å². The molecule has 0 aliphatic heterocycles. The highest BCUT2D eigenvalue weighted by atomic mass is 19.4. The molecule has 0 bridgehead atoms. The lowest BCUT2D eigenvalue weighted by molar-refractivity contribution is -0.119. The van der Waals surface area contributed by atoms with Crippen LogP contribution in [0, 0.1) is 6.92 Å². The third-order valence-corrected chi connectivity index (χ3v) is 2.32. The minimum Gasteiger partial charge on any atom is -0.494 e. The molecule has 96 valence electrons. The van der Waals surface area contributed by atoms with E-state index >= 15 is 0 Å². The molecule has 0 radical (unpaired) electrons. The molecule has 0 aliphatic rings. The number of aryl methyl sites for hydroxylation is 1. The molecule has 17 heavy (non-hydrogen) atoms. The maximum Gasteiger partial charge on any atom is 0.405 e. The Balaban J connectivity index is 2.82. The summed E-state index contributed by atoms with van der Waals surface area (Å²) in [6, 6.07) is 5.02. The van der Waals surface area contributed by atoms with E-state index < -0.39 is 12.7 Å². The van der Waals surface area contributed by atoms with Gasteiger partial charge >= 0.3 is 6.18 Å². The standard InChI is InChI=1S/C12H16F3NO/c1-4-17-11-6-5-10(7-9(11)2)16(3)8-12(13,14)15/h5-7H,4,8H2,1-3H3. The molecule has 0 spiro atoms. The number of halogens is 3. The molecule has 0 amide bonds. The van der Waals surface area contributed by atoms with Crippen molar-refractivity contribution in [2.75, 3.05) is 25.1 Å². The van der Waals surface area contributed by atoms with Gasteiger partial charge in [-0.2, -0.15) is 13.2 Å². The molecule has 0 atom stereocenters. The van der Waals surface area contributed by atoms with Crippen molar-refractivity contribution < 1.29 is 17.9 Å². The Hall–Kier alpha value is -1.39. The van der Waals surface area contributed by atoms with Crippen LogP contribution in [0.1, 0.15) is 12.5 Å². The molecule has 0 saturated carbocycles. The molecule has 1 aromatic rings. The van der Waals surface area contributed by atoms with E-state index in [0.29, 0.717) is 18.0 Å². The Morgan fingerprint density at radius 3 is 2.41 bits per heavy atom. The van der Waals surface area contributed by atoms with Crippen LogP contribution in [0.5, 0.6) is 5.75 Å². The summed E-state index contributed by atoms with van der Waals surface area (Å²) < 4.78 is 42.0. The van der Waals surface area contributed by atoms with Crippen molar-refractivity contribution in [3.63, 3.8) is 0 Å². The fourth-order valence-electron chi connectivity index (χ4n) is 1.55. The highest BCUT2D eigenvalue weighted by molar-refractivity contribution is 5.52. The highest BCUT2D eigenvalue weighted by Crippen LogP contribution is 2.26. The van der Waals surface area contributed by atoms with E-state index in [1.54, 1.807) is 18.2 Å². The lowest BCUT2D eigenvalue weighted by atomic mass is 10.2. The summed E-state index contributed by atoms with van der Waals surface area (Å²) in [6.07, 6.45) is -4.19. The second-order valence-corrected chi connectivity index (χ2v) is 3.85. The molecule has 0 aromatic heterocycles. The quantitative estimate of drug-likeness (QED) is 0.808. The zero-order valence-electron chi connectivity index (χ0n) is 10.1. The van der Waals surface area contributed by atoms with Crippen molar-refractivity contribution in [3.8, 4) is 5.75 Å². The van der Waals surface area contributed by atoms with Crippen LogP contribution in [0.4, 0.5) is 18.9 Å². The van der Waals surface area contributed by atoms with Crippen LogP contribution in [0.2, 0.25) is 0 Å². The summed E-state index contributed by atoms with van der Waals surface area (Å²) in [7, 11) is 1.42. The van der Waals surface area contributed by atoms with Crippen molar-refractivity contribution >= 4 is 5.69 Å². The third kappa shape index (κ3) is 4.17. The normalized spacial score (nSPS) is 11.4. The number of alkyl halides is 3. The number of benzene rings is 1. The summed E-state index contributed by atoms with van der Waals surface area (Å²) in [5.41, 5.74) is 1.36. The van der Waals surface area contributed by atoms with E-state index in [1.165, 1.54) is 11.9 Å². The third-order valence-electron chi connectivity index (χ3n) is 2.32. The van der Waals surface area contributed by atoms with Gasteiger partial charge in [0.2, 0.25) is 0 Å². The second-order valence-electron chi connectivity index (χ2n) is 3.85. The number of hydrogen-bond acceptors (Lipinski definition) is 2. The molecule has 0 heterocycles. The van der Waals surface area contributed by atoms with Gasteiger partial charge in [0.25, 0.3) is 0 Å². The summed E-state index contributed by atoms with van der Waals surface area (Å²) in [5, 5.41) is 0. The van der Waals surface area contributed by atoms with E-state index in [0.717, 1.165) is 5.56 Å². The summed E-state index contributed by atoms with van der Waals surface area (Å²) in [4.78, 5) is 1.17. The van der Waals surface area contributed by atoms with Gasteiger partial charge < -0.3 is 9.64 Å². The lowest BCUT2D eigenvalue weighted by Crippen LogP contribution is -2.30. The van der Waals surface area contributed by atoms with E-state index in [9.17, 15) is 13.2 Å². The average Bonchev–Trinajstić information content (AvgIpc) is 2.18. The van der Waals surface area contributed by atoms with Gasteiger partial charge in [0, 0.05) is 12.7 Å². The molecular formula is C12H16F3NO. The number of nitrogens with zero attached hydrogens (tertiary/aromatic N) is 1. The lowest BCUT2D eigenvalue weighted by Gasteiger charge is -2.21. The summed E-state index contributed by atoms with van der Waals surface area (Å²) in [6.45, 7) is 3.26. The molecule has 5 heteroatoms. The molecule has 0 aliphatic carbocycles. The van der Waals surface area contributed by atoms with Gasteiger partial charge in [-0.1, -0.05) is 0 Å². The molecule has 0 fully saturated rings. The van der Waals surface area contributed by atoms with Crippen LogP contribution in [0.25, 0.3) is 0 Å². The van der Waals surface area contributed by atoms with E-state index in [1.807, 2.05) is 13.8 Å². The minimum absolute atomic E-state index is 0.531. The van der Waals surface area contributed by atoms with Gasteiger partial charge in [0.15, 0.2) is 0 Å². The van der Waals surface area contributed by atoms with Gasteiger partial charge in [0.05, 0.1) is 6.61 Å². The van der Waals surface area contributed by atoms with E-state index in [2.05, 4.69) is 0 Å². The molecule has 2 nitrogen and oxygen atoms in total. The first-order valence-corrected chi connectivity index (χ1v) is 5.35. The van der Waals surface area contributed by atoms with Crippen LogP contribution < -0.4 is 9.64 Å². The van der Waals surface area contributed by atoms with Crippen molar-refractivity contribution in [1.82, 2.24) is 0 Å². The molecule has 0 N–H and O–H groups in total. The Kier molecular flexibility index (Phi) is 4.26. The van der Waals surface area contributed by atoms with Gasteiger partial charge in [0.1, 0.15) is 12.3 Å². The van der Waals surface area contributed by atoms with Gasteiger partial charge in [-0.3, -0.25) is 0 Å². The maximum absolute atomic E-state index is 12.2. The first-order valence-electron chi connectivity index (χ1n) is 5.35. The predicted octanol–water partition coefficient (Wildman–Crippen LogP) is 3.39. The second kappa shape index (κ2) is 5.29. The molecule has 0 unspecified atom stereocenters. The SMILES string of the molecule is CCOc1ccc(N(C)CC(F)(F)F)cc1C. The van der Waals surface area contributed by atoms with Gasteiger partial charge in [-0.15, -0.1) is 0 Å².